The summed E-state index contributed by atoms with van der Waals surface area (Å²) in [6.45, 7) is 2.86. The third-order valence-corrected chi connectivity index (χ3v) is 2.42. The molecular formula is C10H9F9O2. The number of carbonyl (C=O) groups excluding carboxylic acids is 1. The lowest BCUT2D eigenvalue weighted by atomic mass is 9.97. The molecule has 0 bridgehead atoms. The van der Waals surface area contributed by atoms with Gasteiger partial charge in [-0.3, -0.25) is 0 Å². The molecule has 0 radical (unpaired) electrons. The molecule has 0 fully saturated rings. The van der Waals surface area contributed by atoms with Gasteiger partial charge in [-0.15, -0.1) is 0 Å². The van der Waals surface area contributed by atoms with E-state index in [9.17, 15) is 44.3 Å². The van der Waals surface area contributed by atoms with Gasteiger partial charge in [-0.2, -0.15) is 39.5 Å². The van der Waals surface area contributed by atoms with Crippen LogP contribution in [0, 0.1) is 0 Å². The molecule has 0 rings (SSSR count). The minimum Gasteiger partial charge on any atom is -0.466 e. The van der Waals surface area contributed by atoms with Crippen molar-refractivity contribution in [3.05, 3.63) is 12.2 Å². The fourth-order valence-electron chi connectivity index (χ4n) is 1.12. The highest BCUT2D eigenvalue weighted by Gasteiger charge is 2.81. The Morgan fingerprint density at radius 2 is 1.38 bits per heavy atom. The summed E-state index contributed by atoms with van der Waals surface area (Å²) in [4.78, 5) is 10.8. The standard InChI is InChI=1S/C10H9F9O2/c1-5(6(20)21-2)3-4-7(11,12)8(13,14)9(15,16)10(17,18)19/h1,3-4H2,2H3. The Balaban J connectivity index is 5.22. The third-order valence-electron chi connectivity index (χ3n) is 2.42. The van der Waals surface area contributed by atoms with Gasteiger partial charge in [-0.05, 0) is 6.42 Å². The van der Waals surface area contributed by atoms with Crippen LogP contribution in [-0.4, -0.2) is 37.0 Å². The number of alkyl halides is 9. The molecule has 124 valence electrons. The lowest BCUT2D eigenvalue weighted by molar-refractivity contribution is -0.396. The molecule has 0 heterocycles. The van der Waals surface area contributed by atoms with Crippen LogP contribution in [0.5, 0.6) is 0 Å². The second kappa shape index (κ2) is 5.76. The highest BCUT2D eigenvalue weighted by molar-refractivity contribution is 5.87. The summed E-state index contributed by atoms with van der Waals surface area (Å²) in [7, 11) is 0.804. The normalized spacial score (nSPS) is 14.0. The van der Waals surface area contributed by atoms with Crippen LogP contribution in [0.15, 0.2) is 12.2 Å². The summed E-state index contributed by atoms with van der Waals surface area (Å²) in [5.41, 5.74) is -0.775. The van der Waals surface area contributed by atoms with Crippen molar-refractivity contribution in [2.75, 3.05) is 7.11 Å². The number of ether oxygens (including phenoxy) is 1. The fraction of sp³-hybridized carbons (Fsp3) is 0.700. The molecule has 2 nitrogen and oxygen atoms in total. The van der Waals surface area contributed by atoms with Crippen molar-refractivity contribution < 1.29 is 49.0 Å². The summed E-state index contributed by atoms with van der Waals surface area (Å²) in [6.07, 6.45) is -10.2. The van der Waals surface area contributed by atoms with Gasteiger partial charge in [0.1, 0.15) is 0 Å². The zero-order chi connectivity index (χ0) is 17.3. The Morgan fingerprint density at radius 1 is 0.952 bits per heavy atom. The van der Waals surface area contributed by atoms with Gasteiger partial charge in [0.15, 0.2) is 0 Å². The Labute approximate surface area is 112 Å². The molecule has 0 aliphatic carbocycles. The maximum absolute atomic E-state index is 13.0. The quantitative estimate of drug-likeness (QED) is 0.418. The van der Waals surface area contributed by atoms with E-state index in [1.54, 1.807) is 0 Å². The minimum absolute atomic E-state index is 0.775. The van der Waals surface area contributed by atoms with Crippen LogP contribution >= 0.6 is 0 Å². The van der Waals surface area contributed by atoms with E-state index < -0.39 is 48.3 Å². The largest absolute Gasteiger partial charge is 0.466 e. The fourth-order valence-corrected chi connectivity index (χ4v) is 1.12. The Bertz CT molecular complexity index is 411. The first kappa shape index (κ1) is 19.6. The van der Waals surface area contributed by atoms with Crippen molar-refractivity contribution >= 4 is 5.97 Å². The molecule has 0 amide bonds. The van der Waals surface area contributed by atoms with Gasteiger partial charge in [0.25, 0.3) is 0 Å². The first-order valence-electron chi connectivity index (χ1n) is 5.08. The molecule has 0 saturated carbocycles. The summed E-state index contributed by atoms with van der Waals surface area (Å²) in [5.74, 6) is -20.6. The second-order valence-electron chi connectivity index (χ2n) is 3.95. The Hall–Kier alpha value is -1.42. The first-order chi connectivity index (χ1) is 9.12. The highest BCUT2D eigenvalue weighted by atomic mass is 19.4. The molecule has 11 heteroatoms. The number of methoxy groups -OCH3 is 1. The zero-order valence-corrected chi connectivity index (χ0v) is 10.3. The Kier molecular flexibility index (Phi) is 5.37. The SMILES string of the molecule is C=C(CCC(F)(F)C(F)(F)C(F)(F)C(F)(F)F)C(=O)OC. The molecule has 0 aliphatic heterocycles. The van der Waals surface area contributed by atoms with Crippen molar-refractivity contribution in [1.82, 2.24) is 0 Å². The predicted molar refractivity (Wildman–Crippen MR) is 51.3 cm³/mol. The predicted octanol–water partition coefficient (Wildman–Crippen LogP) is 3.96. The molecule has 0 unspecified atom stereocenters. The van der Waals surface area contributed by atoms with E-state index in [0.717, 1.165) is 7.11 Å². The van der Waals surface area contributed by atoms with Crippen LogP contribution in [0.1, 0.15) is 12.8 Å². The average Bonchev–Trinajstić information content (AvgIpc) is 2.33. The van der Waals surface area contributed by atoms with Crippen molar-refractivity contribution in [1.29, 1.82) is 0 Å². The topological polar surface area (TPSA) is 26.3 Å². The molecule has 0 aromatic heterocycles. The lowest BCUT2D eigenvalue weighted by Gasteiger charge is -2.33. The van der Waals surface area contributed by atoms with E-state index in [-0.39, 0.29) is 0 Å². The molecule has 21 heavy (non-hydrogen) atoms. The number of esters is 1. The molecule has 0 N–H and O–H groups in total. The van der Waals surface area contributed by atoms with Crippen LogP contribution in [0.2, 0.25) is 0 Å². The van der Waals surface area contributed by atoms with Gasteiger partial charge in [0.05, 0.1) is 7.11 Å². The van der Waals surface area contributed by atoms with E-state index in [0.29, 0.717) is 0 Å². The summed E-state index contributed by atoms with van der Waals surface area (Å²) in [5, 5.41) is 0. The van der Waals surface area contributed by atoms with Gasteiger partial charge in [-0.1, -0.05) is 6.58 Å². The molecule has 0 aliphatic rings. The van der Waals surface area contributed by atoms with Crippen molar-refractivity contribution in [3.63, 3.8) is 0 Å². The van der Waals surface area contributed by atoms with E-state index in [1.807, 2.05) is 0 Å². The average molecular weight is 332 g/mol. The maximum atomic E-state index is 13.0. The van der Waals surface area contributed by atoms with E-state index in [4.69, 9.17) is 0 Å². The van der Waals surface area contributed by atoms with Gasteiger partial charge in [0.2, 0.25) is 0 Å². The molecular weight excluding hydrogens is 323 g/mol. The summed E-state index contributed by atoms with van der Waals surface area (Å²) < 4.78 is 116. The Morgan fingerprint density at radius 3 is 1.71 bits per heavy atom. The number of rotatable bonds is 6. The third kappa shape index (κ3) is 3.62. The van der Waals surface area contributed by atoms with Crippen LogP contribution in [0.25, 0.3) is 0 Å². The van der Waals surface area contributed by atoms with E-state index in [2.05, 4.69) is 11.3 Å². The summed E-state index contributed by atoms with van der Waals surface area (Å²) in [6, 6.07) is 0. The number of halogens is 9. The van der Waals surface area contributed by atoms with Crippen molar-refractivity contribution in [2.24, 2.45) is 0 Å². The lowest BCUT2D eigenvalue weighted by Crippen LogP contribution is -2.60. The molecule has 0 aromatic rings. The molecule has 0 aromatic carbocycles. The van der Waals surface area contributed by atoms with E-state index >= 15 is 0 Å². The zero-order valence-electron chi connectivity index (χ0n) is 10.3. The molecule has 0 spiro atoms. The number of hydrogen-bond acceptors (Lipinski definition) is 2. The van der Waals surface area contributed by atoms with Crippen molar-refractivity contribution in [2.45, 2.75) is 36.8 Å². The monoisotopic (exact) mass is 332 g/mol. The van der Waals surface area contributed by atoms with Crippen LogP contribution in [0.3, 0.4) is 0 Å². The van der Waals surface area contributed by atoms with Gasteiger partial charge in [0, 0.05) is 12.0 Å². The van der Waals surface area contributed by atoms with Crippen LogP contribution in [-0.2, 0) is 9.53 Å². The van der Waals surface area contributed by atoms with Crippen LogP contribution in [0.4, 0.5) is 39.5 Å². The minimum atomic E-state index is -6.93. The van der Waals surface area contributed by atoms with Gasteiger partial charge < -0.3 is 4.74 Å². The van der Waals surface area contributed by atoms with Crippen molar-refractivity contribution in [3.8, 4) is 0 Å². The van der Waals surface area contributed by atoms with Gasteiger partial charge >= 0.3 is 29.9 Å². The summed E-state index contributed by atoms with van der Waals surface area (Å²) >= 11 is 0. The number of carbonyl (C=O) groups is 1. The maximum Gasteiger partial charge on any atom is 0.460 e. The smallest absolute Gasteiger partial charge is 0.460 e. The number of hydrogen-bond donors (Lipinski definition) is 0. The molecule has 0 saturated heterocycles. The highest BCUT2D eigenvalue weighted by Crippen LogP contribution is 2.54. The second-order valence-corrected chi connectivity index (χ2v) is 3.95. The van der Waals surface area contributed by atoms with Crippen LogP contribution < -0.4 is 0 Å². The first-order valence-corrected chi connectivity index (χ1v) is 5.08. The molecule has 0 atom stereocenters. The van der Waals surface area contributed by atoms with E-state index in [1.165, 1.54) is 0 Å². The van der Waals surface area contributed by atoms with Gasteiger partial charge in [-0.25, -0.2) is 4.79 Å².